The molecule has 55 heavy (non-hydrogen) atoms. The molecule has 2 saturated heterocycles. The second-order valence-electron chi connectivity index (χ2n) is 15.9. The molecule has 2 aliphatic heterocycles. The van der Waals surface area contributed by atoms with Crippen molar-refractivity contribution in [2.24, 2.45) is 0 Å². The van der Waals surface area contributed by atoms with Crippen molar-refractivity contribution in [3.8, 4) is 11.1 Å². The van der Waals surface area contributed by atoms with Crippen LogP contribution in [0.5, 0.6) is 0 Å². The van der Waals surface area contributed by atoms with Crippen molar-refractivity contribution in [2.75, 3.05) is 43.9 Å². The Morgan fingerprint density at radius 1 is 0.727 bits per heavy atom. The van der Waals surface area contributed by atoms with Gasteiger partial charge in [-0.3, -0.25) is 29.4 Å². The number of nitrogens with zero attached hydrogens (tertiary/aromatic N) is 4. The Labute approximate surface area is 325 Å². The van der Waals surface area contributed by atoms with E-state index in [1.807, 2.05) is 43.7 Å². The fraction of sp³-hybridized carbons (Fsp3) is 0.467. The lowest BCUT2D eigenvalue weighted by atomic mass is 9.94. The van der Waals surface area contributed by atoms with Crippen LogP contribution in [0, 0.1) is 13.8 Å². The Morgan fingerprint density at radius 3 is 1.73 bits per heavy atom. The maximum Gasteiger partial charge on any atom is 0.274 e. The van der Waals surface area contributed by atoms with Gasteiger partial charge in [-0.05, 0) is 146 Å². The summed E-state index contributed by atoms with van der Waals surface area (Å²) in [6, 6.07) is 16.2. The van der Waals surface area contributed by atoms with Gasteiger partial charge in [-0.2, -0.15) is 0 Å². The predicted molar refractivity (Wildman–Crippen MR) is 218 cm³/mol. The van der Waals surface area contributed by atoms with E-state index in [-0.39, 0.29) is 18.1 Å². The Kier molecular flexibility index (Phi) is 12.4. The lowest BCUT2D eigenvalue weighted by molar-refractivity contribution is 0.0789. The summed E-state index contributed by atoms with van der Waals surface area (Å²) in [7, 11) is 1.93. The average molecular weight is 745 g/mol. The highest BCUT2D eigenvalue weighted by molar-refractivity contribution is 6.04. The molecule has 8 rings (SSSR count). The molecule has 290 valence electrons. The minimum Gasteiger partial charge on any atom is -0.393 e. The first-order chi connectivity index (χ1) is 26.7. The Hall–Kier alpha value is -4.48. The van der Waals surface area contributed by atoms with Gasteiger partial charge in [-0.15, -0.1) is 0 Å². The average Bonchev–Trinajstić information content (AvgIpc) is 4.14. The van der Waals surface area contributed by atoms with Crippen molar-refractivity contribution in [1.29, 1.82) is 0 Å². The zero-order valence-corrected chi connectivity index (χ0v) is 32.6. The van der Waals surface area contributed by atoms with E-state index in [0.29, 0.717) is 23.2 Å². The number of hydrogen-bond donors (Lipinski definition) is 4. The maximum atomic E-state index is 13.3. The van der Waals surface area contributed by atoms with Crippen LogP contribution in [-0.4, -0.2) is 87.6 Å². The number of likely N-dealkylation sites (tertiary alicyclic amines) is 2. The molecule has 1 amide bonds. The fourth-order valence-electron chi connectivity index (χ4n) is 8.10. The number of anilines is 2. The van der Waals surface area contributed by atoms with Crippen LogP contribution in [0.4, 0.5) is 11.4 Å². The number of aldehydes is 1. The van der Waals surface area contributed by atoms with E-state index in [4.69, 9.17) is 0 Å². The molecule has 0 radical (unpaired) electrons. The van der Waals surface area contributed by atoms with Crippen LogP contribution in [0.1, 0.15) is 118 Å². The van der Waals surface area contributed by atoms with Crippen molar-refractivity contribution < 1.29 is 19.8 Å². The van der Waals surface area contributed by atoms with Crippen molar-refractivity contribution >= 4 is 23.6 Å². The van der Waals surface area contributed by atoms with Crippen LogP contribution in [-0.2, 0) is 13.1 Å². The molecule has 2 aromatic carbocycles. The summed E-state index contributed by atoms with van der Waals surface area (Å²) in [5, 5.41) is 25.7. The monoisotopic (exact) mass is 744 g/mol. The molecule has 4 heterocycles. The lowest BCUT2D eigenvalue weighted by Crippen LogP contribution is -2.35. The topological polar surface area (TPSA) is 131 Å². The van der Waals surface area contributed by atoms with E-state index in [1.54, 1.807) is 0 Å². The third kappa shape index (κ3) is 9.67. The lowest BCUT2D eigenvalue weighted by Gasteiger charge is -2.30. The standard InChI is InChI=1S/C30H36N4O2.C15H20N2O2/c1-19-24(6-4-8-27(19)31-3)25-7-5-9-28(20(25)2)33-30(36)29-16-26(21-10-11-21)22(17-32-29)18-34-14-12-23(35)13-15-34;18-10-13-7-15(11-1-2-11)12(8-16-13)9-17-5-3-14(19)4-6-17/h4-9,16-17,21,23,31,35H,10-15,18H2,1-3H3,(H,33,36);7-8,10-11,14,19H,1-6,9H2. The molecule has 2 saturated carbocycles. The maximum absolute atomic E-state index is 13.3. The van der Waals surface area contributed by atoms with E-state index in [9.17, 15) is 19.8 Å². The van der Waals surface area contributed by atoms with E-state index in [1.165, 1.54) is 53.5 Å². The Bertz CT molecular complexity index is 1980. The first-order valence-corrected chi connectivity index (χ1v) is 20.1. The second-order valence-corrected chi connectivity index (χ2v) is 15.9. The number of pyridine rings is 2. The largest absolute Gasteiger partial charge is 0.393 e. The van der Waals surface area contributed by atoms with Crippen LogP contribution < -0.4 is 10.6 Å². The summed E-state index contributed by atoms with van der Waals surface area (Å²) in [6.45, 7) is 9.59. The van der Waals surface area contributed by atoms with Crippen molar-refractivity contribution in [3.05, 3.63) is 106 Å². The van der Waals surface area contributed by atoms with Crippen molar-refractivity contribution in [2.45, 2.75) is 102 Å². The van der Waals surface area contributed by atoms with Gasteiger partial charge in [0.2, 0.25) is 0 Å². The molecular formula is C45H56N6O4. The van der Waals surface area contributed by atoms with Crippen molar-refractivity contribution in [3.63, 3.8) is 0 Å². The van der Waals surface area contributed by atoms with Gasteiger partial charge in [-0.1, -0.05) is 24.3 Å². The van der Waals surface area contributed by atoms with Gasteiger partial charge < -0.3 is 20.8 Å². The molecule has 10 nitrogen and oxygen atoms in total. The molecular weight excluding hydrogens is 689 g/mol. The van der Waals surface area contributed by atoms with Crippen LogP contribution in [0.2, 0.25) is 0 Å². The number of aliphatic hydroxyl groups is 2. The molecule has 0 spiro atoms. The molecule has 4 fully saturated rings. The molecule has 4 aromatic rings. The summed E-state index contributed by atoms with van der Waals surface area (Å²) in [5.41, 5.74) is 12.4. The number of aromatic nitrogens is 2. The van der Waals surface area contributed by atoms with Crippen LogP contribution in [0.3, 0.4) is 0 Å². The molecule has 10 heteroatoms. The number of carbonyl (C=O) groups is 2. The first-order valence-electron chi connectivity index (χ1n) is 20.1. The molecule has 4 N–H and O–H groups in total. The number of nitrogens with one attached hydrogen (secondary N) is 2. The zero-order chi connectivity index (χ0) is 38.5. The SMILES string of the molecule is CNc1cccc(-c2cccc(NC(=O)c3cc(C4CC4)c(CN4CCC(O)CC4)cn3)c2C)c1C.O=Cc1cc(C2CC2)c(CN2CCC(O)CC2)cn1. The van der Waals surface area contributed by atoms with Gasteiger partial charge in [0.1, 0.15) is 11.4 Å². The highest BCUT2D eigenvalue weighted by atomic mass is 16.3. The number of rotatable bonds is 11. The first kappa shape index (κ1) is 38.8. The normalized spacial score (nSPS) is 18.3. The Morgan fingerprint density at radius 2 is 1.22 bits per heavy atom. The minimum absolute atomic E-state index is 0.130. The van der Waals surface area contributed by atoms with Gasteiger partial charge >= 0.3 is 0 Å². The quantitative estimate of drug-likeness (QED) is 0.118. The third-order valence-corrected chi connectivity index (χ3v) is 11.8. The van der Waals surface area contributed by atoms with Gasteiger partial charge in [0.25, 0.3) is 5.91 Å². The number of aliphatic hydroxyl groups excluding tert-OH is 2. The number of piperidine rings is 2. The molecule has 2 aliphatic carbocycles. The summed E-state index contributed by atoms with van der Waals surface area (Å²) in [5.74, 6) is 0.981. The smallest absolute Gasteiger partial charge is 0.274 e. The summed E-state index contributed by atoms with van der Waals surface area (Å²) < 4.78 is 0. The molecule has 0 unspecified atom stereocenters. The predicted octanol–water partition coefficient (Wildman–Crippen LogP) is 7.22. The van der Waals surface area contributed by atoms with E-state index in [2.05, 4.69) is 68.5 Å². The highest BCUT2D eigenvalue weighted by Crippen LogP contribution is 2.43. The molecule has 0 bridgehead atoms. The van der Waals surface area contributed by atoms with E-state index in [0.717, 1.165) is 99.3 Å². The van der Waals surface area contributed by atoms with E-state index < -0.39 is 0 Å². The minimum atomic E-state index is -0.175. The summed E-state index contributed by atoms with van der Waals surface area (Å²) in [6.07, 6.45) is 12.4. The number of benzene rings is 2. The second kappa shape index (κ2) is 17.5. The van der Waals surface area contributed by atoms with Gasteiger partial charge in [-0.25, -0.2) is 0 Å². The number of carbonyl (C=O) groups excluding carboxylic acids is 2. The zero-order valence-electron chi connectivity index (χ0n) is 32.6. The molecule has 2 aromatic heterocycles. The summed E-state index contributed by atoms with van der Waals surface area (Å²) >= 11 is 0. The number of amides is 1. The van der Waals surface area contributed by atoms with Gasteiger partial charge in [0.15, 0.2) is 6.29 Å². The Balaban J connectivity index is 0.000000205. The highest BCUT2D eigenvalue weighted by Gasteiger charge is 2.30. The summed E-state index contributed by atoms with van der Waals surface area (Å²) in [4.78, 5) is 37.7. The van der Waals surface area contributed by atoms with Gasteiger partial charge in [0.05, 0.1) is 12.2 Å². The van der Waals surface area contributed by atoms with Gasteiger partial charge in [0, 0.05) is 70.1 Å². The number of hydrogen-bond acceptors (Lipinski definition) is 9. The molecule has 0 atom stereocenters. The van der Waals surface area contributed by atoms with Crippen LogP contribution >= 0.6 is 0 Å². The van der Waals surface area contributed by atoms with Crippen molar-refractivity contribution in [1.82, 2.24) is 19.8 Å². The fourth-order valence-corrected chi connectivity index (χ4v) is 8.10. The van der Waals surface area contributed by atoms with Crippen LogP contribution in [0.15, 0.2) is 60.9 Å². The van der Waals surface area contributed by atoms with E-state index >= 15 is 0 Å². The molecule has 4 aliphatic rings. The third-order valence-electron chi connectivity index (χ3n) is 11.8. The van der Waals surface area contributed by atoms with Crippen LogP contribution in [0.25, 0.3) is 11.1 Å².